The van der Waals surface area contributed by atoms with E-state index in [-0.39, 0.29) is 16.5 Å². The number of hydrogen-bond donors (Lipinski definition) is 0. The third kappa shape index (κ3) is 5.85. The van der Waals surface area contributed by atoms with Crippen LogP contribution in [0.15, 0.2) is 85.2 Å². The molecule has 4 aromatic rings. The predicted molar refractivity (Wildman–Crippen MR) is 114 cm³/mol. The molecule has 0 saturated carbocycles. The standard InChI is InChI=1S/C16H11N2.C9H9N.Ni/c1-3-10-17-15(8-1)13-6-5-7-14(12-13)16-9-2-4-11-18-16;1-7-5-4-6-8(2)9(7)10-3;/h1-11H;4-6H,1-2H3;/q-1;;+2. The molecule has 0 spiro atoms. The van der Waals surface area contributed by atoms with Crippen LogP contribution in [0.2, 0.25) is 0 Å². The van der Waals surface area contributed by atoms with Crippen molar-refractivity contribution in [3.63, 3.8) is 0 Å². The number of rotatable bonds is 2. The van der Waals surface area contributed by atoms with Crippen molar-refractivity contribution >= 4 is 5.69 Å². The van der Waals surface area contributed by atoms with Gasteiger partial charge in [0, 0.05) is 23.8 Å². The number of benzene rings is 2. The van der Waals surface area contributed by atoms with Gasteiger partial charge in [0.05, 0.1) is 6.57 Å². The van der Waals surface area contributed by atoms with Crippen molar-refractivity contribution < 1.29 is 16.5 Å². The summed E-state index contributed by atoms with van der Waals surface area (Å²) >= 11 is 0. The molecule has 4 rings (SSSR count). The van der Waals surface area contributed by atoms with Gasteiger partial charge in [0.15, 0.2) is 5.69 Å². The molecule has 3 nitrogen and oxygen atoms in total. The molecule has 0 saturated heterocycles. The van der Waals surface area contributed by atoms with Gasteiger partial charge in [0.25, 0.3) is 0 Å². The third-order valence-electron chi connectivity index (χ3n) is 4.23. The van der Waals surface area contributed by atoms with Crippen LogP contribution in [0.5, 0.6) is 0 Å². The monoisotopic (exact) mass is 420 g/mol. The van der Waals surface area contributed by atoms with Gasteiger partial charge in [-0.3, -0.25) is 9.97 Å². The largest absolute Gasteiger partial charge is 2.00 e. The van der Waals surface area contributed by atoms with Crippen LogP contribution in [0.3, 0.4) is 0 Å². The summed E-state index contributed by atoms with van der Waals surface area (Å²) in [6.07, 6.45) is 3.58. The second-order valence-electron chi connectivity index (χ2n) is 6.26. The van der Waals surface area contributed by atoms with Crippen LogP contribution in [0.4, 0.5) is 5.69 Å². The molecule has 0 aliphatic carbocycles. The summed E-state index contributed by atoms with van der Waals surface area (Å²) in [5, 5.41) is 0. The van der Waals surface area contributed by atoms with Crippen LogP contribution in [-0.4, -0.2) is 9.97 Å². The molecule has 29 heavy (non-hydrogen) atoms. The Morgan fingerprint density at radius 1 is 0.690 bits per heavy atom. The summed E-state index contributed by atoms with van der Waals surface area (Å²) in [6.45, 7) is 10.8. The maximum atomic E-state index is 6.85. The normalized spacial score (nSPS) is 9.41. The minimum atomic E-state index is 0. The summed E-state index contributed by atoms with van der Waals surface area (Å²) in [6, 6.07) is 27.0. The molecule has 0 unspecified atom stereocenters. The summed E-state index contributed by atoms with van der Waals surface area (Å²) in [7, 11) is 0. The second-order valence-corrected chi connectivity index (χ2v) is 6.26. The van der Waals surface area contributed by atoms with Gasteiger partial charge in [-0.25, -0.2) is 4.85 Å². The number of nitrogens with zero attached hydrogens (tertiary/aromatic N) is 3. The van der Waals surface area contributed by atoms with E-state index in [0.717, 1.165) is 39.3 Å². The van der Waals surface area contributed by atoms with E-state index in [4.69, 9.17) is 6.57 Å². The Labute approximate surface area is 182 Å². The predicted octanol–water partition coefficient (Wildman–Crippen LogP) is 6.46. The number of pyridine rings is 2. The zero-order valence-electron chi connectivity index (χ0n) is 16.2. The van der Waals surface area contributed by atoms with Crippen molar-refractivity contribution in [2.45, 2.75) is 13.8 Å². The minimum Gasteiger partial charge on any atom is -0.295 e. The molecule has 0 aliphatic rings. The Kier molecular flexibility index (Phi) is 8.28. The Morgan fingerprint density at radius 2 is 1.17 bits per heavy atom. The molecule has 0 fully saturated rings. The number of para-hydroxylation sites is 1. The molecule has 0 bridgehead atoms. The zero-order chi connectivity index (χ0) is 19.8. The van der Waals surface area contributed by atoms with Crippen molar-refractivity contribution in [2.75, 3.05) is 0 Å². The fraction of sp³-hybridized carbons (Fsp3) is 0.0800. The van der Waals surface area contributed by atoms with E-state index >= 15 is 0 Å². The first kappa shape index (κ1) is 22.0. The number of aryl methyl sites for hydroxylation is 2. The van der Waals surface area contributed by atoms with E-state index in [9.17, 15) is 0 Å². The fourth-order valence-corrected chi connectivity index (χ4v) is 2.79. The molecular formula is C25H20N3Ni+. The van der Waals surface area contributed by atoms with Gasteiger partial charge >= 0.3 is 16.5 Å². The molecule has 4 heteroatoms. The first-order valence-electron chi connectivity index (χ1n) is 8.98. The first-order chi connectivity index (χ1) is 13.7. The van der Waals surface area contributed by atoms with Crippen molar-refractivity contribution in [3.05, 3.63) is 114 Å². The van der Waals surface area contributed by atoms with E-state index in [1.54, 1.807) is 12.4 Å². The van der Waals surface area contributed by atoms with Gasteiger partial charge < -0.3 is 0 Å². The van der Waals surface area contributed by atoms with E-state index in [2.05, 4.69) is 20.9 Å². The second kappa shape index (κ2) is 10.9. The Bertz CT molecular complexity index is 1010. The molecule has 2 aromatic heterocycles. The summed E-state index contributed by atoms with van der Waals surface area (Å²) in [4.78, 5) is 12.1. The van der Waals surface area contributed by atoms with Crippen LogP contribution in [-0.2, 0) is 16.5 Å². The molecule has 2 heterocycles. The number of aromatic nitrogens is 2. The first-order valence-corrected chi connectivity index (χ1v) is 8.98. The van der Waals surface area contributed by atoms with Gasteiger partial charge in [0.1, 0.15) is 0 Å². The SMILES string of the molecule is [C-]#[N+]c1c(C)cccc1C.[Ni+2].[c-]1c(-c2ccccn2)cccc1-c1ccccn1. The molecule has 0 radical (unpaired) electrons. The summed E-state index contributed by atoms with van der Waals surface area (Å²) in [5.74, 6) is 0. The molecule has 144 valence electrons. The van der Waals surface area contributed by atoms with Gasteiger partial charge in [-0.2, -0.15) is 0 Å². The van der Waals surface area contributed by atoms with Crippen LogP contribution in [0.1, 0.15) is 11.1 Å². The van der Waals surface area contributed by atoms with Crippen LogP contribution >= 0.6 is 0 Å². The van der Waals surface area contributed by atoms with Crippen molar-refractivity contribution in [2.24, 2.45) is 0 Å². The van der Waals surface area contributed by atoms with Gasteiger partial charge in [-0.05, 0) is 37.1 Å². The molecule has 0 aliphatic heterocycles. The average molecular weight is 421 g/mol. The Hall–Kier alpha value is -3.28. The topological polar surface area (TPSA) is 30.1 Å². The van der Waals surface area contributed by atoms with Gasteiger partial charge in [-0.1, -0.05) is 53.6 Å². The molecular weight excluding hydrogens is 401 g/mol. The summed E-state index contributed by atoms with van der Waals surface area (Å²) < 4.78 is 0. The van der Waals surface area contributed by atoms with E-state index in [1.165, 1.54) is 0 Å². The zero-order valence-corrected chi connectivity index (χ0v) is 17.2. The van der Waals surface area contributed by atoms with Crippen molar-refractivity contribution in [1.29, 1.82) is 0 Å². The minimum absolute atomic E-state index is 0. The molecule has 0 atom stereocenters. The third-order valence-corrected chi connectivity index (χ3v) is 4.23. The van der Waals surface area contributed by atoms with Gasteiger partial charge in [-0.15, -0.1) is 24.3 Å². The maximum Gasteiger partial charge on any atom is 2.00 e. The van der Waals surface area contributed by atoms with Crippen molar-refractivity contribution in [3.8, 4) is 22.5 Å². The van der Waals surface area contributed by atoms with E-state index in [0.29, 0.717) is 0 Å². The molecule has 2 aromatic carbocycles. The van der Waals surface area contributed by atoms with Crippen LogP contribution < -0.4 is 0 Å². The van der Waals surface area contributed by atoms with Gasteiger partial charge in [0.2, 0.25) is 0 Å². The molecule has 0 N–H and O–H groups in total. The number of hydrogen-bond acceptors (Lipinski definition) is 2. The molecule has 0 amide bonds. The van der Waals surface area contributed by atoms with Crippen LogP contribution in [0.25, 0.3) is 27.4 Å². The fourth-order valence-electron chi connectivity index (χ4n) is 2.79. The summed E-state index contributed by atoms with van der Waals surface area (Å²) in [5.41, 5.74) is 6.75. The average Bonchev–Trinajstić information content (AvgIpc) is 2.76. The van der Waals surface area contributed by atoms with E-state index in [1.807, 2.05) is 86.6 Å². The van der Waals surface area contributed by atoms with Crippen molar-refractivity contribution in [1.82, 2.24) is 9.97 Å². The maximum absolute atomic E-state index is 6.85. The van der Waals surface area contributed by atoms with E-state index < -0.39 is 0 Å². The quantitative estimate of drug-likeness (QED) is 0.275. The Balaban J connectivity index is 0.000000234. The smallest absolute Gasteiger partial charge is 0.295 e. The van der Waals surface area contributed by atoms with Crippen LogP contribution in [0, 0.1) is 26.5 Å². The Morgan fingerprint density at radius 3 is 1.55 bits per heavy atom.